The fourth-order valence-electron chi connectivity index (χ4n) is 3.38. The molecule has 1 aliphatic rings. The smallest absolute Gasteiger partial charge is 0.416 e. The van der Waals surface area contributed by atoms with E-state index >= 15 is 0 Å². The first-order chi connectivity index (χ1) is 12.4. The van der Waals surface area contributed by atoms with Crippen LogP contribution in [0.5, 0.6) is 0 Å². The maximum atomic E-state index is 12.8. The third kappa shape index (κ3) is 4.35. The highest BCUT2D eigenvalue weighted by Gasteiger charge is 2.31. The number of aromatic nitrogens is 1. The Hall–Kier alpha value is -2.09. The largest absolute Gasteiger partial charge is 0.439 e. The Bertz CT molecular complexity index is 773. The predicted molar refractivity (Wildman–Crippen MR) is 90.4 cm³/mol. The summed E-state index contributed by atoms with van der Waals surface area (Å²) >= 11 is 0. The van der Waals surface area contributed by atoms with Crippen LogP contribution in [0.3, 0.4) is 0 Å². The molecule has 1 unspecified atom stereocenters. The van der Waals surface area contributed by atoms with E-state index in [9.17, 15) is 18.0 Å². The Morgan fingerprint density at radius 2 is 2.19 bits per heavy atom. The average molecular weight is 369 g/mol. The molecule has 3 rings (SSSR count). The normalized spacial score (nSPS) is 19.0. The monoisotopic (exact) mass is 369 g/mol. The van der Waals surface area contributed by atoms with Crippen LogP contribution in [0, 0.1) is 0 Å². The molecule has 1 fully saturated rings. The van der Waals surface area contributed by atoms with Crippen molar-refractivity contribution in [3.63, 3.8) is 0 Å². The van der Waals surface area contributed by atoms with E-state index < -0.39 is 11.7 Å². The lowest BCUT2D eigenvalue weighted by molar-refractivity contribution is -0.137. The number of alkyl halides is 3. The van der Waals surface area contributed by atoms with Gasteiger partial charge in [0.05, 0.1) is 12.1 Å². The molecular weight excluding hydrogens is 347 g/mol. The molecule has 2 aromatic rings. The van der Waals surface area contributed by atoms with Crippen LogP contribution in [0.1, 0.15) is 44.1 Å². The van der Waals surface area contributed by atoms with Gasteiger partial charge in [-0.1, -0.05) is 6.42 Å². The second kappa shape index (κ2) is 7.65. The number of benzene rings is 1. The summed E-state index contributed by atoms with van der Waals surface area (Å²) in [6.07, 6.45) is -1.01. The van der Waals surface area contributed by atoms with Crippen molar-refractivity contribution in [2.75, 3.05) is 13.1 Å². The van der Waals surface area contributed by atoms with Crippen molar-refractivity contribution in [1.29, 1.82) is 0 Å². The number of fused-ring (bicyclic) bond motifs is 1. The zero-order valence-corrected chi connectivity index (χ0v) is 14.6. The fraction of sp³-hybridized carbons (Fsp3) is 0.556. The Morgan fingerprint density at radius 3 is 2.92 bits per heavy atom. The molecule has 0 aliphatic carbocycles. The molecule has 0 bridgehead atoms. The Balaban J connectivity index is 1.74. The summed E-state index contributed by atoms with van der Waals surface area (Å²) in [7, 11) is 0. The van der Waals surface area contributed by atoms with Crippen LogP contribution in [-0.4, -0.2) is 34.9 Å². The van der Waals surface area contributed by atoms with E-state index in [1.807, 2.05) is 6.92 Å². The highest BCUT2D eigenvalue weighted by Crippen LogP contribution is 2.32. The Kier molecular flexibility index (Phi) is 5.50. The quantitative estimate of drug-likeness (QED) is 0.873. The summed E-state index contributed by atoms with van der Waals surface area (Å²) in [6.45, 7) is 3.68. The molecule has 1 saturated heterocycles. The van der Waals surface area contributed by atoms with Gasteiger partial charge < -0.3 is 9.73 Å². The zero-order valence-electron chi connectivity index (χ0n) is 14.6. The minimum atomic E-state index is -4.40. The van der Waals surface area contributed by atoms with Crippen LogP contribution in [-0.2, 0) is 17.5 Å². The number of nitrogens with zero attached hydrogens (tertiary/aromatic N) is 2. The number of rotatable bonds is 5. The number of amides is 1. The molecule has 0 radical (unpaired) electrons. The van der Waals surface area contributed by atoms with Gasteiger partial charge in [-0.3, -0.25) is 9.69 Å². The first-order valence-electron chi connectivity index (χ1n) is 8.84. The molecule has 142 valence electrons. The minimum Gasteiger partial charge on any atom is -0.439 e. The topological polar surface area (TPSA) is 58.4 Å². The van der Waals surface area contributed by atoms with E-state index in [0.717, 1.165) is 37.9 Å². The predicted octanol–water partition coefficient (Wildman–Crippen LogP) is 3.73. The molecule has 1 amide bonds. The zero-order chi connectivity index (χ0) is 18.7. The molecule has 8 heteroatoms. The van der Waals surface area contributed by atoms with Crippen molar-refractivity contribution in [3.05, 3.63) is 29.7 Å². The molecule has 1 aliphatic heterocycles. The van der Waals surface area contributed by atoms with E-state index in [4.69, 9.17) is 4.42 Å². The second-order valence-electron chi connectivity index (χ2n) is 6.57. The Labute approximate surface area is 149 Å². The van der Waals surface area contributed by atoms with Crippen LogP contribution < -0.4 is 5.32 Å². The highest BCUT2D eigenvalue weighted by atomic mass is 19.4. The van der Waals surface area contributed by atoms with Gasteiger partial charge in [-0.05, 0) is 44.5 Å². The first kappa shape index (κ1) is 18.7. The Morgan fingerprint density at radius 1 is 1.38 bits per heavy atom. The van der Waals surface area contributed by atoms with Gasteiger partial charge in [0.15, 0.2) is 5.58 Å². The summed E-state index contributed by atoms with van der Waals surface area (Å²) in [5.41, 5.74) is -0.200. The van der Waals surface area contributed by atoms with Gasteiger partial charge in [0.2, 0.25) is 11.8 Å². The van der Waals surface area contributed by atoms with E-state index in [2.05, 4.69) is 15.2 Å². The SMILES string of the molecule is CCNC(=O)CC1CCCCN1Cc1nc2cc(C(F)(F)F)ccc2o1. The maximum absolute atomic E-state index is 12.8. The van der Waals surface area contributed by atoms with Gasteiger partial charge in [0, 0.05) is 19.0 Å². The van der Waals surface area contributed by atoms with Gasteiger partial charge in [-0.25, -0.2) is 4.98 Å². The van der Waals surface area contributed by atoms with Crippen molar-refractivity contribution in [3.8, 4) is 0 Å². The fourth-order valence-corrected chi connectivity index (χ4v) is 3.38. The van der Waals surface area contributed by atoms with Crippen molar-refractivity contribution in [1.82, 2.24) is 15.2 Å². The van der Waals surface area contributed by atoms with E-state index in [0.29, 0.717) is 31.0 Å². The maximum Gasteiger partial charge on any atom is 0.416 e. The number of oxazole rings is 1. The van der Waals surface area contributed by atoms with Gasteiger partial charge >= 0.3 is 6.18 Å². The van der Waals surface area contributed by atoms with Gasteiger partial charge in [-0.15, -0.1) is 0 Å². The molecule has 1 aromatic carbocycles. The molecular formula is C18H22F3N3O2. The number of likely N-dealkylation sites (tertiary alicyclic amines) is 1. The number of carbonyl (C=O) groups excluding carboxylic acids is 1. The van der Waals surface area contributed by atoms with E-state index in [-0.39, 0.29) is 17.5 Å². The number of piperidine rings is 1. The highest BCUT2D eigenvalue weighted by molar-refractivity contribution is 5.76. The average Bonchev–Trinajstić information content (AvgIpc) is 2.97. The van der Waals surface area contributed by atoms with Crippen molar-refractivity contribution in [2.24, 2.45) is 0 Å². The molecule has 1 atom stereocenters. The van der Waals surface area contributed by atoms with Crippen LogP contribution in [0.15, 0.2) is 22.6 Å². The minimum absolute atomic E-state index is 0.0109. The van der Waals surface area contributed by atoms with Gasteiger partial charge in [0.1, 0.15) is 5.52 Å². The summed E-state index contributed by atoms with van der Waals surface area (Å²) in [4.78, 5) is 18.3. The lowest BCUT2D eigenvalue weighted by Crippen LogP contribution is -2.42. The summed E-state index contributed by atoms with van der Waals surface area (Å²) < 4.78 is 44.1. The van der Waals surface area contributed by atoms with Crippen LogP contribution in [0.2, 0.25) is 0 Å². The molecule has 1 N–H and O–H groups in total. The molecule has 0 saturated carbocycles. The number of hydrogen-bond donors (Lipinski definition) is 1. The number of nitrogens with one attached hydrogen (secondary N) is 1. The lowest BCUT2D eigenvalue weighted by atomic mass is 9.99. The van der Waals surface area contributed by atoms with Crippen LogP contribution in [0.25, 0.3) is 11.1 Å². The number of carbonyl (C=O) groups is 1. The van der Waals surface area contributed by atoms with E-state index in [1.165, 1.54) is 6.07 Å². The molecule has 26 heavy (non-hydrogen) atoms. The van der Waals surface area contributed by atoms with Crippen molar-refractivity contribution < 1.29 is 22.4 Å². The van der Waals surface area contributed by atoms with Crippen LogP contribution in [0.4, 0.5) is 13.2 Å². The third-order valence-electron chi connectivity index (χ3n) is 4.64. The molecule has 0 spiro atoms. The third-order valence-corrected chi connectivity index (χ3v) is 4.64. The number of hydrogen-bond acceptors (Lipinski definition) is 4. The lowest BCUT2D eigenvalue weighted by Gasteiger charge is -2.34. The summed E-state index contributed by atoms with van der Waals surface area (Å²) in [5, 5.41) is 2.81. The summed E-state index contributed by atoms with van der Waals surface area (Å²) in [6, 6.07) is 3.40. The van der Waals surface area contributed by atoms with Crippen molar-refractivity contribution in [2.45, 2.75) is 51.4 Å². The van der Waals surface area contributed by atoms with Gasteiger partial charge in [-0.2, -0.15) is 13.2 Å². The van der Waals surface area contributed by atoms with Gasteiger partial charge in [0.25, 0.3) is 0 Å². The van der Waals surface area contributed by atoms with Crippen LogP contribution >= 0.6 is 0 Å². The molecule has 1 aromatic heterocycles. The molecule has 5 nitrogen and oxygen atoms in total. The summed E-state index contributed by atoms with van der Waals surface area (Å²) in [5.74, 6) is 0.388. The number of halogens is 3. The second-order valence-corrected chi connectivity index (χ2v) is 6.57. The molecule has 2 heterocycles. The standard InChI is InChI=1S/C18H22F3N3O2/c1-2-22-16(25)10-13-5-3-4-8-24(13)11-17-23-14-9-12(18(19,20)21)6-7-15(14)26-17/h6-7,9,13H,2-5,8,10-11H2,1H3,(H,22,25). The van der Waals surface area contributed by atoms with Crippen molar-refractivity contribution >= 4 is 17.0 Å². The van der Waals surface area contributed by atoms with E-state index in [1.54, 1.807) is 0 Å². The first-order valence-corrected chi connectivity index (χ1v) is 8.84.